The van der Waals surface area contributed by atoms with E-state index in [1.165, 1.54) is 12.8 Å². The summed E-state index contributed by atoms with van der Waals surface area (Å²) in [6.07, 6.45) is 6.45. The minimum atomic E-state index is -0.822. The van der Waals surface area contributed by atoms with Gasteiger partial charge in [0.2, 0.25) is 0 Å². The van der Waals surface area contributed by atoms with Crippen molar-refractivity contribution in [2.75, 3.05) is 19.6 Å². The molecule has 1 atom stereocenters. The molecule has 0 bridgehead atoms. The average Bonchev–Trinajstić information content (AvgIpc) is 3.29. The van der Waals surface area contributed by atoms with Gasteiger partial charge in [0, 0.05) is 31.7 Å². The fourth-order valence-corrected chi connectivity index (χ4v) is 3.04. The molecule has 128 valence electrons. The summed E-state index contributed by atoms with van der Waals surface area (Å²) in [6, 6.07) is 0.955. The first-order valence-electron chi connectivity index (χ1n) is 8.86. The molecular weight excluding hydrogens is 278 g/mol. The standard InChI is InChI=1S/C17H33N3O2/c1-13(2)6-9-17(3,22)12-18-16(21)19-14-7-10-20(11-8-14)15-4-5-15/h13-15,22H,4-12H2,1-3H3,(H2,18,19,21). The fraction of sp³-hybridized carbons (Fsp3) is 0.941. The third-order valence-electron chi connectivity index (χ3n) is 4.82. The van der Waals surface area contributed by atoms with Crippen molar-refractivity contribution in [3.63, 3.8) is 0 Å². The third kappa shape index (κ3) is 6.13. The molecule has 1 saturated heterocycles. The lowest BCUT2D eigenvalue weighted by atomic mass is 9.95. The van der Waals surface area contributed by atoms with Gasteiger partial charge in [0.1, 0.15) is 0 Å². The van der Waals surface area contributed by atoms with Gasteiger partial charge >= 0.3 is 6.03 Å². The Hall–Kier alpha value is -0.810. The highest BCUT2D eigenvalue weighted by atomic mass is 16.3. The number of rotatable bonds is 7. The molecule has 2 fully saturated rings. The summed E-state index contributed by atoms with van der Waals surface area (Å²) in [6.45, 7) is 8.59. The van der Waals surface area contributed by atoms with Crippen LogP contribution in [0.3, 0.4) is 0 Å². The SMILES string of the molecule is CC(C)CCC(C)(O)CNC(=O)NC1CCN(C2CC2)CC1. The predicted molar refractivity (Wildman–Crippen MR) is 88.8 cm³/mol. The van der Waals surface area contributed by atoms with E-state index in [1.54, 1.807) is 6.92 Å². The quantitative estimate of drug-likeness (QED) is 0.674. The molecule has 1 saturated carbocycles. The molecule has 2 amide bonds. The number of likely N-dealkylation sites (tertiary alicyclic amines) is 1. The number of nitrogens with zero attached hydrogens (tertiary/aromatic N) is 1. The van der Waals surface area contributed by atoms with E-state index in [-0.39, 0.29) is 12.1 Å². The Morgan fingerprint density at radius 1 is 1.27 bits per heavy atom. The van der Waals surface area contributed by atoms with Crippen LogP contribution in [0.4, 0.5) is 4.79 Å². The van der Waals surface area contributed by atoms with Crippen molar-refractivity contribution in [2.24, 2.45) is 5.92 Å². The van der Waals surface area contributed by atoms with Crippen molar-refractivity contribution in [3.8, 4) is 0 Å². The number of amides is 2. The minimum Gasteiger partial charge on any atom is -0.388 e. The predicted octanol–water partition coefficient (Wildman–Crippen LogP) is 2.10. The van der Waals surface area contributed by atoms with E-state index in [0.29, 0.717) is 18.9 Å². The fourth-order valence-electron chi connectivity index (χ4n) is 3.04. The molecule has 0 spiro atoms. The van der Waals surface area contributed by atoms with E-state index in [1.807, 2.05) is 0 Å². The molecule has 2 rings (SSSR count). The van der Waals surface area contributed by atoms with E-state index in [9.17, 15) is 9.90 Å². The van der Waals surface area contributed by atoms with E-state index in [2.05, 4.69) is 29.4 Å². The highest BCUT2D eigenvalue weighted by molar-refractivity contribution is 5.74. The largest absolute Gasteiger partial charge is 0.388 e. The Balaban J connectivity index is 1.61. The maximum atomic E-state index is 12.0. The number of hydrogen-bond acceptors (Lipinski definition) is 3. The van der Waals surface area contributed by atoms with Crippen LogP contribution in [0.25, 0.3) is 0 Å². The maximum absolute atomic E-state index is 12.0. The van der Waals surface area contributed by atoms with Gasteiger partial charge in [-0.25, -0.2) is 4.79 Å². The third-order valence-corrected chi connectivity index (χ3v) is 4.82. The molecule has 3 N–H and O–H groups in total. The summed E-state index contributed by atoms with van der Waals surface area (Å²) in [5.41, 5.74) is -0.822. The number of carbonyl (C=O) groups is 1. The molecule has 22 heavy (non-hydrogen) atoms. The number of piperidine rings is 1. The Kier molecular flexibility index (Phi) is 6.09. The Morgan fingerprint density at radius 2 is 1.91 bits per heavy atom. The van der Waals surface area contributed by atoms with Crippen LogP contribution in [0.15, 0.2) is 0 Å². The first-order chi connectivity index (χ1) is 10.4. The van der Waals surface area contributed by atoms with Gasteiger partial charge in [-0.05, 0) is 51.4 Å². The normalized spacial score (nSPS) is 23.3. The van der Waals surface area contributed by atoms with Gasteiger partial charge in [0.15, 0.2) is 0 Å². The van der Waals surface area contributed by atoms with Gasteiger partial charge in [-0.1, -0.05) is 13.8 Å². The summed E-state index contributed by atoms with van der Waals surface area (Å²) >= 11 is 0. The molecule has 5 nitrogen and oxygen atoms in total. The zero-order valence-electron chi connectivity index (χ0n) is 14.4. The van der Waals surface area contributed by atoms with Crippen LogP contribution < -0.4 is 10.6 Å². The van der Waals surface area contributed by atoms with Crippen LogP contribution in [-0.4, -0.2) is 53.4 Å². The molecule has 0 aromatic rings. The lowest BCUT2D eigenvalue weighted by molar-refractivity contribution is 0.0474. The van der Waals surface area contributed by atoms with E-state index < -0.39 is 5.60 Å². The van der Waals surface area contributed by atoms with Crippen molar-refractivity contribution < 1.29 is 9.90 Å². The van der Waals surface area contributed by atoms with Crippen LogP contribution in [-0.2, 0) is 0 Å². The zero-order valence-corrected chi connectivity index (χ0v) is 14.4. The van der Waals surface area contributed by atoms with E-state index in [4.69, 9.17) is 0 Å². The summed E-state index contributed by atoms with van der Waals surface area (Å²) in [7, 11) is 0. The summed E-state index contributed by atoms with van der Waals surface area (Å²) < 4.78 is 0. The number of aliphatic hydroxyl groups is 1. The topological polar surface area (TPSA) is 64.6 Å². The number of carbonyl (C=O) groups excluding carboxylic acids is 1. The highest BCUT2D eigenvalue weighted by Crippen LogP contribution is 2.29. The van der Waals surface area contributed by atoms with Gasteiger partial charge in [0.05, 0.1) is 5.60 Å². The average molecular weight is 311 g/mol. The molecule has 5 heteroatoms. The second kappa shape index (κ2) is 7.64. The number of hydrogen-bond donors (Lipinski definition) is 3. The number of nitrogens with one attached hydrogen (secondary N) is 2. The zero-order chi connectivity index (χ0) is 16.2. The van der Waals surface area contributed by atoms with Gasteiger partial charge in [0.25, 0.3) is 0 Å². The van der Waals surface area contributed by atoms with Crippen LogP contribution >= 0.6 is 0 Å². The molecule has 1 unspecified atom stereocenters. The molecule has 0 aromatic heterocycles. The van der Waals surface area contributed by atoms with Gasteiger partial charge in [-0.2, -0.15) is 0 Å². The van der Waals surface area contributed by atoms with Crippen molar-refractivity contribution in [2.45, 2.75) is 77.0 Å². The lowest BCUT2D eigenvalue weighted by Gasteiger charge is -2.32. The molecule has 1 aliphatic heterocycles. The second-order valence-electron chi connectivity index (χ2n) is 7.80. The molecule has 0 aromatic carbocycles. The maximum Gasteiger partial charge on any atom is 0.315 e. The van der Waals surface area contributed by atoms with Crippen molar-refractivity contribution in [3.05, 3.63) is 0 Å². The summed E-state index contributed by atoms with van der Waals surface area (Å²) in [4.78, 5) is 14.5. The summed E-state index contributed by atoms with van der Waals surface area (Å²) in [5.74, 6) is 0.567. The van der Waals surface area contributed by atoms with Gasteiger partial charge in [-0.15, -0.1) is 0 Å². The molecule has 1 aliphatic carbocycles. The lowest BCUT2D eigenvalue weighted by Crippen LogP contribution is -2.50. The van der Waals surface area contributed by atoms with Crippen molar-refractivity contribution in [1.82, 2.24) is 15.5 Å². The molecule has 2 aliphatic rings. The summed E-state index contributed by atoms with van der Waals surface area (Å²) in [5, 5.41) is 16.1. The van der Waals surface area contributed by atoms with E-state index in [0.717, 1.165) is 38.4 Å². The number of urea groups is 1. The van der Waals surface area contributed by atoms with Crippen LogP contribution in [0.2, 0.25) is 0 Å². The van der Waals surface area contributed by atoms with Gasteiger partial charge in [-0.3, -0.25) is 0 Å². The first kappa shape index (κ1) is 17.5. The van der Waals surface area contributed by atoms with Crippen LogP contribution in [0, 0.1) is 5.92 Å². The van der Waals surface area contributed by atoms with E-state index >= 15 is 0 Å². The molecule has 0 radical (unpaired) electrons. The monoisotopic (exact) mass is 311 g/mol. The smallest absolute Gasteiger partial charge is 0.315 e. The second-order valence-corrected chi connectivity index (χ2v) is 7.80. The Labute approximate surface area is 134 Å². The van der Waals surface area contributed by atoms with Gasteiger partial charge < -0.3 is 20.6 Å². The van der Waals surface area contributed by atoms with Crippen molar-refractivity contribution in [1.29, 1.82) is 0 Å². The minimum absolute atomic E-state index is 0.144. The highest BCUT2D eigenvalue weighted by Gasteiger charge is 2.32. The van der Waals surface area contributed by atoms with Crippen LogP contribution in [0.1, 0.15) is 59.3 Å². The molecule has 1 heterocycles. The van der Waals surface area contributed by atoms with Crippen molar-refractivity contribution >= 4 is 6.03 Å². The molecular formula is C17H33N3O2. The Bertz CT molecular complexity index is 359. The first-order valence-corrected chi connectivity index (χ1v) is 8.86. The van der Waals surface area contributed by atoms with Crippen LogP contribution in [0.5, 0.6) is 0 Å². The Morgan fingerprint density at radius 3 is 2.45 bits per heavy atom.